The van der Waals surface area contributed by atoms with E-state index in [9.17, 15) is 43.5 Å². The summed E-state index contributed by atoms with van der Waals surface area (Å²) in [5.41, 5.74) is 0. The molecule has 18 heteroatoms. The molecule has 0 bridgehead atoms. The quantitative estimate of drug-likeness (QED) is 0.0146. The van der Waals surface area contributed by atoms with Crippen LogP contribution in [0, 0.1) is 0 Å². The molecule has 5 unspecified atom stereocenters. The van der Waals surface area contributed by atoms with Gasteiger partial charge in [-0.2, -0.15) is 0 Å². The molecule has 0 aliphatic rings. The molecule has 4 N–H and O–H groups in total. The number of esters is 3. The van der Waals surface area contributed by atoms with Crippen LogP contribution in [-0.4, -0.2) is 95.9 Å². The van der Waals surface area contributed by atoms with Gasteiger partial charge in [0.15, 0.2) is 6.10 Å². The van der Waals surface area contributed by atoms with Gasteiger partial charge in [0.1, 0.15) is 25.4 Å². The number of aliphatic hydroxyl groups is 2. The molecule has 0 aromatic rings. The molecule has 0 aromatic heterocycles. The number of phosphoric acid groups is 2. The fourth-order valence-corrected chi connectivity index (χ4v) is 15.7. The third kappa shape index (κ3) is 103. The summed E-state index contributed by atoms with van der Waals surface area (Å²) in [6.07, 6.45) is 136. The Bertz CT molecular complexity index is 3130. The monoisotopic (exact) mass is 1840 g/mol. The molecule has 0 amide bonds. The summed E-state index contributed by atoms with van der Waals surface area (Å²) in [5, 5.41) is 20.8. The molecule has 0 saturated carbocycles. The van der Waals surface area contributed by atoms with Crippen LogP contribution in [0.4, 0.5) is 0 Å². The molecule has 0 fully saturated rings. The Morgan fingerprint density at radius 1 is 0.217 bits per heavy atom. The number of aliphatic hydroxyl groups excluding tert-OH is 2. The number of hydrogen-bond donors (Lipinski definition) is 4. The molecule has 738 valence electrons. The van der Waals surface area contributed by atoms with E-state index in [1.807, 2.05) is 0 Å². The van der Waals surface area contributed by atoms with Crippen molar-refractivity contribution < 1.29 is 75.8 Å². The van der Waals surface area contributed by atoms with Crippen molar-refractivity contribution in [2.24, 2.45) is 0 Å². The van der Waals surface area contributed by atoms with Crippen LogP contribution in [0.25, 0.3) is 0 Å². The van der Waals surface area contributed by atoms with Gasteiger partial charge in [0.05, 0.1) is 26.4 Å². The largest absolute Gasteiger partial charge is 0.472 e. The molecule has 0 aromatic carbocycles. The summed E-state index contributed by atoms with van der Waals surface area (Å²) >= 11 is 0. The van der Waals surface area contributed by atoms with Crippen molar-refractivity contribution in [3.8, 4) is 0 Å². The number of carbonyl (C=O) groups excluding carboxylic acids is 3. The Morgan fingerprint density at radius 3 is 0.612 bits per heavy atom. The average molecular weight is 1840 g/mol. The first-order valence-corrected chi connectivity index (χ1v) is 54.7. The van der Waals surface area contributed by atoms with Crippen LogP contribution in [0.1, 0.15) is 432 Å². The minimum Gasteiger partial charge on any atom is -0.463 e. The van der Waals surface area contributed by atoms with Gasteiger partial charge in [-0.05, 0) is 161 Å². The topological polar surface area (TPSA) is 231 Å². The third-order valence-electron chi connectivity index (χ3n) is 21.8. The van der Waals surface area contributed by atoms with Crippen LogP contribution in [0.15, 0.2) is 194 Å². The number of unbranched alkanes of at least 4 members (excludes halogenated alkanes) is 42. The van der Waals surface area contributed by atoms with Crippen LogP contribution in [-0.2, 0) is 55.8 Å². The number of hydrogen-bond acceptors (Lipinski definition) is 14. The lowest BCUT2D eigenvalue weighted by atomic mass is 10.0. The van der Waals surface area contributed by atoms with Crippen LogP contribution < -0.4 is 0 Å². The highest BCUT2D eigenvalue weighted by molar-refractivity contribution is 7.47. The molecule has 129 heavy (non-hydrogen) atoms. The Hall–Kier alpha value is -5.61. The van der Waals surface area contributed by atoms with E-state index in [2.05, 4.69) is 215 Å². The zero-order valence-electron chi connectivity index (χ0n) is 81.8. The summed E-state index contributed by atoms with van der Waals surface area (Å²) in [6.45, 7) is 2.41. The average Bonchev–Trinajstić information content (AvgIpc) is 0.898. The minimum absolute atomic E-state index is 0.0992. The lowest BCUT2D eigenvalue weighted by molar-refractivity contribution is -0.161. The Kier molecular flexibility index (Phi) is 97.0. The van der Waals surface area contributed by atoms with E-state index in [1.165, 1.54) is 193 Å². The predicted molar refractivity (Wildman–Crippen MR) is 546 cm³/mol. The third-order valence-corrected chi connectivity index (χ3v) is 23.7. The molecular formula is C111H188O16P2. The predicted octanol–water partition coefficient (Wildman–Crippen LogP) is 32.9. The van der Waals surface area contributed by atoms with Crippen molar-refractivity contribution >= 4 is 33.6 Å². The maximum atomic E-state index is 13.1. The first-order chi connectivity index (χ1) is 63.2. The van der Waals surface area contributed by atoms with E-state index in [0.29, 0.717) is 19.3 Å². The van der Waals surface area contributed by atoms with Gasteiger partial charge >= 0.3 is 33.6 Å². The second kappa shape index (κ2) is 101. The zero-order valence-corrected chi connectivity index (χ0v) is 83.6. The molecule has 0 aliphatic heterocycles. The van der Waals surface area contributed by atoms with Gasteiger partial charge < -0.3 is 34.2 Å². The first kappa shape index (κ1) is 123. The van der Waals surface area contributed by atoms with Crippen LogP contribution in [0.5, 0.6) is 0 Å². The van der Waals surface area contributed by atoms with Gasteiger partial charge in [-0.3, -0.25) is 32.5 Å². The molecule has 5 atom stereocenters. The van der Waals surface area contributed by atoms with Crippen molar-refractivity contribution in [1.29, 1.82) is 0 Å². The summed E-state index contributed by atoms with van der Waals surface area (Å²) < 4.78 is 61.7. The molecule has 0 radical (unpaired) electrons. The SMILES string of the molecule is CC/C=C\C/C=C\C/C=C\C/C=C\C/C=C\C/C=C\CCCCCCCCCCCCCCCCC(=O)OCC(O)COP(=O)(O)OCC(O)COP(=O)(O)OCC(COC(=O)CCCCCCCCCCCCCCCCC/C=C\C/C=C\C/C=C\C/C=C\C/C=C\CC)OC(=O)CCCCCCCCCCCCCCC/C=C\C/C=C\C/C=C\C/C=C\C/C=C\CC. The summed E-state index contributed by atoms with van der Waals surface area (Å²) in [7, 11) is -9.82. The van der Waals surface area contributed by atoms with Crippen LogP contribution >= 0.6 is 15.6 Å². The normalized spacial score (nSPS) is 14.4. The van der Waals surface area contributed by atoms with E-state index in [4.69, 9.17) is 32.3 Å². The van der Waals surface area contributed by atoms with Crippen molar-refractivity contribution in [2.75, 3.05) is 39.6 Å². The molecule has 0 aliphatic carbocycles. The lowest BCUT2D eigenvalue weighted by Crippen LogP contribution is -2.30. The van der Waals surface area contributed by atoms with Crippen molar-refractivity contribution in [3.05, 3.63) is 194 Å². The van der Waals surface area contributed by atoms with Gasteiger partial charge in [-0.15, -0.1) is 0 Å². The number of carbonyl (C=O) groups is 3. The van der Waals surface area contributed by atoms with Gasteiger partial charge in [0, 0.05) is 19.3 Å². The molecule has 0 spiro atoms. The zero-order chi connectivity index (χ0) is 93.5. The van der Waals surface area contributed by atoms with E-state index >= 15 is 0 Å². The molecule has 16 nitrogen and oxygen atoms in total. The van der Waals surface area contributed by atoms with Gasteiger partial charge in [0.25, 0.3) is 0 Å². The van der Waals surface area contributed by atoms with Gasteiger partial charge in [-0.1, -0.05) is 446 Å². The number of ether oxygens (including phenoxy) is 3. The summed E-state index contributed by atoms with van der Waals surface area (Å²) in [5.74, 6) is -1.56. The van der Waals surface area contributed by atoms with Crippen molar-refractivity contribution in [1.82, 2.24) is 0 Å². The summed E-state index contributed by atoms with van der Waals surface area (Å²) in [4.78, 5) is 59.3. The van der Waals surface area contributed by atoms with Gasteiger partial charge in [0.2, 0.25) is 0 Å². The highest BCUT2D eigenvalue weighted by Crippen LogP contribution is 2.45. The summed E-state index contributed by atoms with van der Waals surface area (Å²) in [6, 6.07) is 0. The molecule has 0 heterocycles. The Morgan fingerprint density at radius 2 is 0.388 bits per heavy atom. The number of allylic oxidation sites excluding steroid dienone is 32. The van der Waals surface area contributed by atoms with E-state index < -0.39 is 91.5 Å². The van der Waals surface area contributed by atoms with Crippen molar-refractivity contribution in [2.45, 2.75) is 450 Å². The standard InChI is InChI=1S/C111H188O16P2/c1-4-7-10-13-16-19-22-25-28-31-34-37-40-43-46-49-51-52-54-57-58-61-64-67-70-73-76-79-82-85-88-91-94-97-109(114)121-100-106(112)101-123-128(117,118)124-102-107(113)103-125-129(119,120)126-105-108(127-111(116)99-96-93-90-87-84-81-78-75-72-69-66-63-60-55-48-45-42-39-36-33-30-27-24-21-18-15-12-9-6-3)104-122-110(115)98-95-92-89-86-83-80-77-74-71-68-65-62-59-56-53-50-47-44-41-38-35-32-29-26-23-20-17-14-11-8-5-2/h7-12,16-21,25-30,34-39,43-48,51-52,106-108,112-113H,4-6,13-15,22-24,31-33,40-42,49-50,53-105H2,1-3H3,(H,117,118)(H,119,120)/b10-7-,11-8-,12-9-,19-16-,20-17-,21-18-,28-25-,29-26-,30-27-,37-34-,38-35-,39-36-,46-43-,47-44-,48-45-,52-51-. The maximum absolute atomic E-state index is 13.1. The minimum atomic E-state index is -4.95. The first-order valence-electron chi connectivity index (χ1n) is 51.7. The number of phosphoric ester groups is 2. The maximum Gasteiger partial charge on any atom is 0.472 e. The fraction of sp³-hybridized carbons (Fsp3) is 0.685. The lowest BCUT2D eigenvalue weighted by Gasteiger charge is -2.21. The van der Waals surface area contributed by atoms with Gasteiger partial charge in [-0.25, -0.2) is 9.13 Å². The van der Waals surface area contributed by atoms with Crippen LogP contribution in [0.2, 0.25) is 0 Å². The van der Waals surface area contributed by atoms with Crippen LogP contribution in [0.3, 0.4) is 0 Å². The number of rotatable bonds is 97. The smallest absolute Gasteiger partial charge is 0.463 e. The van der Waals surface area contributed by atoms with E-state index in [-0.39, 0.29) is 19.3 Å². The highest BCUT2D eigenvalue weighted by Gasteiger charge is 2.30. The Labute approximate surface area is 788 Å². The second-order valence-corrected chi connectivity index (χ2v) is 37.1. The molecule has 0 saturated heterocycles. The second-order valence-electron chi connectivity index (χ2n) is 34.2. The van der Waals surface area contributed by atoms with E-state index in [0.717, 1.165) is 180 Å². The highest BCUT2D eigenvalue weighted by atomic mass is 31.2. The molecular weight excluding hydrogens is 1650 g/mol. The Balaban J connectivity index is 4.62. The van der Waals surface area contributed by atoms with Crippen molar-refractivity contribution in [3.63, 3.8) is 0 Å². The van der Waals surface area contributed by atoms with E-state index in [1.54, 1.807) is 0 Å². The fourth-order valence-electron chi connectivity index (χ4n) is 14.1. The molecule has 0 rings (SSSR count).